The maximum atomic E-state index is 11.5. The van der Waals surface area contributed by atoms with Gasteiger partial charge in [0, 0.05) is 24.9 Å². The van der Waals surface area contributed by atoms with E-state index in [2.05, 4.69) is 29.2 Å². The Morgan fingerprint density at radius 1 is 1.30 bits per heavy atom. The van der Waals surface area contributed by atoms with Crippen molar-refractivity contribution in [3.05, 3.63) is 35.4 Å². The lowest BCUT2D eigenvalue weighted by Crippen LogP contribution is -2.45. The van der Waals surface area contributed by atoms with Crippen molar-refractivity contribution in [2.75, 3.05) is 24.6 Å². The fraction of sp³-hybridized carbons (Fsp3) is 0.600. The summed E-state index contributed by atoms with van der Waals surface area (Å²) in [5, 5.41) is 0. The Morgan fingerprint density at radius 3 is 2.65 bits per heavy atom. The zero-order valence-electron chi connectivity index (χ0n) is 12.1. The quantitative estimate of drug-likeness (QED) is 0.856. The molecule has 5 heteroatoms. The molecule has 1 aromatic rings. The molecule has 0 aromatic heterocycles. The number of nitrogens with zero attached hydrogens (tertiary/aromatic N) is 1. The predicted molar refractivity (Wildman–Crippen MR) is 82.3 cm³/mol. The molecule has 20 heavy (non-hydrogen) atoms. The molecule has 4 nitrogen and oxygen atoms in total. The lowest BCUT2D eigenvalue weighted by atomic mass is 9.94. The first-order chi connectivity index (χ1) is 9.55. The van der Waals surface area contributed by atoms with Crippen molar-refractivity contribution >= 4 is 9.84 Å². The van der Waals surface area contributed by atoms with E-state index in [-0.39, 0.29) is 11.5 Å². The van der Waals surface area contributed by atoms with Gasteiger partial charge in [-0.2, -0.15) is 0 Å². The standard InChI is InChI=1S/C15H24N2O2S/c1-2-20(18,19)9-5-8-17-12-14-7-4-3-6-13(14)10-15(17)11-16/h3-4,6-7,15H,2,5,8-12,16H2,1H3. The Morgan fingerprint density at radius 2 is 2.00 bits per heavy atom. The van der Waals surface area contributed by atoms with Crippen molar-refractivity contribution in [2.24, 2.45) is 5.73 Å². The van der Waals surface area contributed by atoms with E-state index < -0.39 is 9.84 Å². The summed E-state index contributed by atoms with van der Waals surface area (Å²) in [6.07, 6.45) is 1.65. The zero-order chi connectivity index (χ0) is 14.6. The second-order valence-corrected chi connectivity index (χ2v) is 7.90. The molecule has 2 rings (SSSR count). The Labute approximate surface area is 121 Å². The highest BCUT2D eigenvalue weighted by atomic mass is 32.2. The molecule has 1 heterocycles. The molecular formula is C15H24N2O2S. The van der Waals surface area contributed by atoms with Crippen molar-refractivity contribution < 1.29 is 8.42 Å². The van der Waals surface area contributed by atoms with Gasteiger partial charge in [-0.3, -0.25) is 4.90 Å². The summed E-state index contributed by atoms with van der Waals surface area (Å²) in [5.41, 5.74) is 8.59. The van der Waals surface area contributed by atoms with E-state index in [0.29, 0.717) is 19.0 Å². The summed E-state index contributed by atoms with van der Waals surface area (Å²) in [6.45, 7) is 4.00. The third-order valence-electron chi connectivity index (χ3n) is 4.08. The lowest BCUT2D eigenvalue weighted by molar-refractivity contribution is 0.176. The molecule has 0 saturated carbocycles. The first kappa shape index (κ1) is 15.5. The normalized spacial score (nSPS) is 19.8. The molecule has 1 aromatic carbocycles. The molecule has 0 aliphatic carbocycles. The van der Waals surface area contributed by atoms with Crippen LogP contribution in [0.3, 0.4) is 0 Å². The van der Waals surface area contributed by atoms with Gasteiger partial charge in [0.15, 0.2) is 0 Å². The van der Waals surface area contributed by atoms with Crippen LogP contribution in [0.5, 0.6) is 0 Å². The van der Waals surface area contributed by atoms with Crippen LogP contribution in [0, 0.1) is 0 Å². The highest BCUT2D eigenvalue weighted by Crippen LogP contribution is 2.22. The third-order valence-corrected chi connectivity index (χ3v) is 5.87. The van der Waals surface area contributed by atoms with Crippen molar-refractivity contribution in [3.63, 3.8) is 0 Å². The number of rotatable bonds is 6. The van der Waals surface area contributed by atoms with E-state index in [1.807, 2.05) is 0 Å². The van der Waals surface area contributed by atoms with Gasteiger partial charge in [0.1, 0.15) is 9.84 Å². The van der Waals surface area contributed by atoms with Crippen molar-refractivity contribution in [1.29, 1.82) is 0 Å². The van der Waals surface area contributed by atoms with Gasteiger partial charge in [-0.05, 0) is 30.5 Å². The van der Waals surface area contributed by atoms with E-state index in [9.17, 15) is 8.42 Å². The number of hydrogen-bond acceptors (Lipinski definition) is 4. The molecule has 1 atom stereocenters. The molecule has 1 aliphatic heterocycles. The van der Waals surface area contributed by atoms with Crippen molar-refractivity contribution in [3.8, 4) is 0 Å². The number of benzene rings is 1. The number of fused-ring (bicyclic) bond motifs is 1. The Kier molecular flexibility index (Phi) is 5.18. The van der Waals surface area contributed by atoms with Crippen LogP contribution < -0.4 is 5.73 Å². The van der Waals surface area contributed by atoms with Gasteiger partial charge < -0.3 is 5.73 Å². The predicted octanol–water partition coefficient (Wildman–Crippen LogP) is 1.20. The average Bonchev–Trinajstić information content (AvgIpc) is 2.46. The highest BCUT2D eigenvalue weighted by molar-refractivity contribution is 7.91. The van der Waals surface area contributed by atoms with E-state index in [1.165, 1.54) is 11.1 Å². The second kappa shape index (κ2) is 6.70. The van der Waals surface area contributed by atoms with Gasteiger partial charge >= 0.3 is 0 Å². The molecule has 112 valence electrons. The minimum absolute atomic E-state index is 0.232. The SMILES string of the molecule is CCS(=O)(=O)CCCN1Cc2ccccc2CC1CN. The second-order valence-electron chi connectivity index (χ2n) is 5.42. The number of sulfone groups is 1. The van der Waals surface area contributed by atoms with Crippen LogP contribution in [0.1, 0.15) is 24.5 Å². The van der Waals surface area contributed by atoms with E-state index >= 15 is 0 Å². The van der Waals surface area contributed by atoms with Gasteiger partial charge in [0.05, 0.1) is 5.75 Å². The first-order valence-corrected chi connectivity index (χ1v) is 9.09. The average molecular weight is 296 g/mol. The summed E-state index contributed by atoms with van der Waals surface area (Å²) >= 11 is 0. The van der Waals surface area contributed by atoms with E-state index in [0.717, 1.165) is 19.5 Å². The van der Waals surface area contributed by atoms with Crippen LogP contribution in [0.15, 0.2) is 24.3 Å². The lowest BCUT2D eigenvalue weighted by Gasteiger charge is -2.36. The largest absolute Gasteiger partial charge is 0.329 e. The van der Waals surface area contributed by atoms with Gasteiger partial charge in [-0.25, -0.2) is 8.42 Å². The Balaban J connectivity index is 1.97. The summed E-state index contributed by atoms with van der Waals surface area (Å²) in [4.78, 5) is 2.33. The van der Waals surface area contributed by atoms with Gasteiger partial charge in [0.25, 0.3) is 0 Å². The maximum Gasteiger partial charge on any atom is 0.150 e. The molecule has 0 amide bonds. The third kappa shape index (κ3) is 3.81. The fourth-order valence-electron chi connectivity index (χ4n) is 2.77. The molecule has 0 spiro atoms. The fourth-order valence-corrected chi connectivity index (χ4v) is 3.63. The Hall–Kier alpha value is -0.910. The molecular weight excluding hydrogens is 272 g/mol. The molecule has 0 saturated heterocycles. The molecule has 0 radical (unpaired) electrons. The summed E-state index contributed by atoms with van der Waals surface area (Å²) in [6, 6.07) is 8.76. The van der Waals surface area contributed by atoms with Crippen LogP contribution in [0.4, 0.5) is 0 Å². The number of hydrogen-bond donors (Lipinski definition) is 1. The zero-order valence-corrected chi connectivity index (χ0v) is 12.9. The van der Waals surface area contributed by atoms with Crippen LogP contribution >= 0.6 is 0 Å². The monoisotopic (exact) mass is 296 g/mol. The van der Waals surface area contributed by atoms with Crippen molar-refractivity contribution in [2.45, 2.75) is 32.4 Å². The molecule has 1 unspecified atom stereocenters. The van der Waals surface area contributed by atoms with Crippen molar-refractivity contribution in [1.82, 2.24) is 4.90 Å². The molecule has 0 bridgehead atoms. The molecule has 2 N–H and O–H groups in total. The molecule has 0 fully saturated rings. The van der Waals surface area contributed by atoms with Crippen LogP contribution in [-0.4, -0.2) is 44.0 Å². The molecule has 1 aliphatic rings. The number of nitrogens with two attached hydrogens (primary N) is 1. The smallest absolute Gasteiger partial charge is 0.150 e. The van der Waals surface area contributed by atoms with Crippen LogP contribution in [0.25, 0.3) is 0 Å². The van der Waals surface area contributed by atoms with Gasteiger partial charge in [0.2, 0.25) is 0 Å². The highest BCUT2D eigenvalue weighted by Gasteiger charge is 2.24. The minimum atomic E-state index is -2.86. The van der Waals surface area contributed by atoms with Gasteiger partial charge in [-0.1, -0.05) is 31.2 Å². The first-order valence-electron chi connectivity index (χ1n) is 7.27. The van der Waals surface area contributed by atoms with E-state index in [4.69, 9.17) is 5.73 Å². The Bertz CT molecular complexity index is 543. The topological polar surface area (TPSA) is 63.4 Å². The maximum absolute atomic E-state index is 11.5. The summed E-state index contributed by atoms with van der Waals surface area (Å²) in [5.74, 6) is 0.509. The van der Waals surface area contributed by atoms with Crippen LogP contribution in [-0.2, 0) is 22.8 Å². The summed E-state index contributed by atoms with van der Waals surface area (Å²) < 4.78 is 23.1. The minimum Gasteiger partial charge on any atom is -0.329 e. The van der Waals surface area contributed by atoms with Crippen LogP contribution in [0.2, 0.25) is 0 Å². The van der Waals surface area contributed by atoms with Gasteiger partial charge in [-0.15, -0.1) is 0 Å². The summed E-state index contributed by atoms with van der Waals surface area (Å²) in [7, 11) is -2.86. The van der Waals surface area contributed by atoms with E-state index in [1.54, 1.807) is 6.92 Å².